The second-order valence-electron chi connectivity index (χ2n) is 4.91. The third-order valence-corrected chi connectivity index (χ3v) is 4.04. The van der Waals surface area contributed by atoms with Crippen LogP contribution < -0.4 is 14.8 Å². The van der Waals surface area contributed by atoms with Gasteiger partial charge in [-0.2, -0.15) is 0 Å². The van der Waals surface area contributed by atoms with Gasteiger partial charge in [-0.25, -0.2) is 0 Å². The van der Waals surface area contributed by atoms with E-state index in [1.807, 2.05) is 0 Å². The highest BCUT2D eigenvalue weighted by molar-refractivity contribution is 9.10. The molecule has 0 unspecified atom stereocenters. The van der Waals surface area contributed by atoms with Crippen molar-refractivity contribution in [2.45, 2.75) is 45.3 Å². The first-order valence-corrected chi connectivity index (χ1v) is 7.77. The Morgan fingerprint density at radius 3 is 2.68 bits per heavy atom. The highest BCUT2D eigenvalue weighted by Gasteiger charge is 2.20. The van der Waals surface area contributed by atoms with Crippen molar-refractivity contribution in [3.63, 3.8) is 0 Å². The van der Waals surface area contributed by atoms with Crippen LogP contribution in [0.4, 0.5) is 0 Å². The molecule has 2 rings (SSSR count). The first kappa shape index (κ1) is 14.7. The third-order valence-electron chi connectivity index (χ3n) is 3.46. The summed E-state index contributed by atoms with van der Waals surface area (Å²) in [4.78, 5) is 0. The largest absolute Gasteiger partial charge is 0.493 e. The summed E-state index contributed by atoms with van der Waals surface area (Å²) in [6.07, 6.45) is 5.17. The van der Waals surface area contributed by atoms with Crippen LogP contribution in [0, 0.1) is 0 Å². The fourth-order valence-corrected chi connectivity index (χ4v) is 3.01. The van der Waals surface area contributed by atoms with Gasteiger partial charge in [-0.3, -0.25) is 0 Å². The molecule has 1 N–H and O–H groups in total. The summed E-state index contributed by atoms with van der Waals surface area (Å²) in [5.41, 5.74) is 1.20. The van der Waals surface area contributed by atoms with Gasteiger partial charge in [0.1, 0.15) is 0 Å². The zero-order valence-electron chi connectivity index (χ0n) is 11.7. The molecule has 19 heavy (non-hydrogen) atoms. The molecule has 0 saturated heterocycles. The van der Waals surface area contributed by atoms with Gasteiger partial charge in [0.15, 0.2) is 11.5 Å². The monoisotopic (exact) mass is 327 g/mol. The number of ether oxygens (including phenoxy) is 2. The predicted octanol–water partition coefficient (Wildman–Crippen LogP) is 3.89. The van der Waals surface area contributed by atoms with E-state index < -0.39 is 0 Å². The Labute approximate surface area is 123 Å². The number of halogens is 1. The lowest BCUT2D eigenvalue weighted by Crippen LogP contribution is -2.14. The van der Waals surface area contributed by atoms with E-state index in [9.17, 15) is 0 Å². The van der Waals surface area contributed by atoms with E-state index >= 15 is 0 Å². The van der Waals surface area contributed by atoms with Gasteiger partial charge in [0.25, 0.3) is 0 Å². The molecular formula is C15H22BrNO2. The van der Waals surface area contributed by atoms with Crippen LogP contribution >= 0.6 is 15.9 Å². The van der Waals surface area contributed by atoms with Crippen molar-refractivity contribution >= 4 is 15.9 Å². The van der Waals surface area contributed by atoms with Crippen LogP contribution in [0.25, 0.3) is 0 Å². The molecule has 1 fully saturated rings. The molecule has 4 heteroatoms. The standard InChI is InChI=1S/C15H22BrNO2/c1-3-17-10-11-8-13(16)15(14(9-11)18-2)19-12-6-4-5-7-12/h8-9,12,17H,3-7,10H2,1-2H3. The lowest BCUT2D eigenvalue weighted by Gasteiger charge is -2.18. The minimum atomic E-state index is 0.338. The zero-order valence-corrected chi connectivity index (χ0v) is 13.3. The first-order chi connectivity index (χ1) is 9.24. The van der Waals surface area contributed by atoms with Crippen molar-refractivity contribution in [3.8, 4) is 11.5 Å². The maximum absolute atomic E-state index is 6.10. The van der Waals surface area contributed by atoms with E-state index in [4.69, 9.17) is 9.47 Å². The summed E-state index contributed by atoms with van der Waals surface area (Å²) in [5.74, 6) is 1.66. The second kappa shape index (κ2) is 7.15. The molecule has 0 amide bonds. The lowest BCUT2D eigenvalue weighted by atomic mass is 10.2. The molecule has 3 nitrogen and oxygen atoms in total. The Morgan fingerprint density at radius 1 is 1.32 bits per heavy atom. The van der Waals surface area contributed by atoms with E-state index in [0.717, 1.165) is 41.9 Å². The van der Waals surface area contributed by atoms with Crippen molar-refractivity contribution in [1.82, 2.24) is 5.32 Å². The minimum absolute atomic E-state index is 0.338. The van der Waals surface area contributed by atoms with Crippen molar-refractivity contribution in [2.24, 2.45) is 0 Å². The van der Waals surface area contributed by atoms with Crippen LogP contribution in [-0.4, -0.2) is 19.8 Å². The smallest absolute Gasteiger partial charge is 0.175 e. The van der Waals surface area contributed by atoms with Crippen LogP contribution in [0.1, 0.15) is 38.2 Å². The Morgan fingerprint density at radius 2 is 2.05 bits per heavy atom. The van der Waals surface area contributed by atoms with Gasteiger partial charge in [-0.05, 0) is 65.9 Å². The molecule has 1 saturated carbocycles. The molecular weight excluding hydrogens is 306 g/mol. The van der Waals surface area contributed by atoms with Crippen LogP contribution in [0.15, 0.2) is 16.6 Å². The van der Waals surface area contributed by atoms with Crippen LogP contribution in [0.2, 0.25) is 0 Å². The highest BCUT2D eigenvalue weighted by atomic mass is 79.9. The summed E-state index contributed by atoms with van der Waals surface area (Å²) in [6.45, 7) is 3.90. The molecule has 0 spiro atoms. The van der Waals surface area contributed by atoms with Crippen LogP contribution in [0.3, 0.4) is 0 Å². The van der Waals surface area contributed by atoms with E-state index in [2.05, 4.69) is 40.3 Å². The maximum atomic E-state index is 6.10. The molecule has 1 aromatic carbocycles. The fraction of sp³-hybridized carbons (Fsp3) is 0.600. The molecule has 0 bridgehead atoms. The topological polar surface area (TPSA) is 30.5 Å². The second-order valence-corrected chi connectivity index (χ2v) is 5.77. The maximum Gasteiger partial charge on any atom is 0.175 e. The van der Waals surface area contributed by atoms with Gasteiger partial charge in [0.2, 0.25) is 0 Å². The fourth-order valence-electron chi connectivity index (χ4n) is 2.43. The van der Waals surface area contributed by atoms with Crippen LogP contribution in [0.5, 0.6) is 11.5 Å². The summed E-state index contributed by atoms with van der Waals surface area (Å²) < 4.78 is 12.5. The summed E-state index contributed by atoms with van der Waals surface area (Å²) >= 11 is 3.61. The summed E-state index contributed by atoms with van der Waals surface area (Å²) in [6, 6.07) is 4.16. The molecule has 0 heterocycles. The van der Waals surface area contributed by atoms with Crippen molar-refractivity contribution in [2.75, 3.05) is 13.7 Å². The number of hydrogen-bond donors (Lipinski definition) is 1. The number of rotatable bonds is 6. The van der Waals surface area contributed by atoms with Gasteiger partial charge in [0.05, 0.1) is 17.7 Å². The van der Waals surface area contributed by atoms with Gasteiger partial charge in [-0.1, -0.05) is 6.92 Å². The van der Waals surface area contributed by atoms with Gasteiger partial charge in [-0.15, -0.1) is 0 Å². The Balaban J connectivity index is 2.16. The Hall–Kier alpha value is -0.740. The predicted molar refractivity (Wildman–Crippen MR) is 81.0 cm³/mol. The van der Waals surface area contributed by atoms with Crippen molar-refractivity contribution in [1.29, 1.82) is 0 Å². The Kier molecular flexibility index (Phi) is 5.52. The zero-order chi connectivity index (χ0) is 13.7. The van der Waals surface area contributed by atoms with Crippen molar-refractivity contribution < 1.29 is 9.47 Å². The normalized spacial score (nSPS) is 15.7. The molecule has 1 aliphatic carbocycles. The molecule has 1 aliphatic rings. The third kappa shape index (κ3) is 3.86. The summed E-state index contributed by atoms with van der Waals surface area (Å²) in [7, 11) is 1.69. The Bertz CT molecular complexity index is 417. The molecule has 0 aromatic heterocycles. The number of methoxy groups -OCH3 is 1. The van der Waals surface area contributed by atoms with Crippen LogP contribution in [-0.2, 0) is 6.54 Å². The molecule has 0 radical (unpaired) electrons. The average Bonchev–Trinajstić information content (AvgIpc) is 2.91. The minimum Gasteiger partial charge on any atom is -0.493 e. The highest BCUT2D eigenvalue weighted by Crippen LogP contribution is 2.39. The van der Waals surface area contributed by atoms with Crippen molar-refractivity contribution in [3.05, 3.63) is 22.2 Å². The number of nitrogens with one attached hydrogen (secondary N) is 1. The SMILES string of the molecule is CCNCc1cc(Br)c(OC2CCCC2)c(OC)c1. The molecule has 1 aromatic rings. The van der Waals surface area contributed by atoms with E-state index in [0.29, 0.717) is 6.10 Å². The first-order valence-electron chi connectivity index (χ1n) is 6.98. The van der Waals surface area contributed by atoms with Gasteiger partial charge in [0, 0.05) is 6.54 Å². The van der Waals surface area contributed by atoms with Gasteiger partial charge < -0.3 is 14.8 Å². The number of benzene rings is 1. The molecule has 0 aliphatic heterocycles. The molecule has 106 valence electrons. The quantitative estimate of drug-likeness (QED) is 0.859. The van der Waals surface area contributed by atoms with Gasteiger partial charge >= 0.3 is 0 Å². The number of hydrogen-bond acceptors (Lipinski definition) is 3. The van der Waals surface area contributed by atoms with E-state index in [1.165, 1.54) is 18.4 Å². The van der Waals surface area contributed by atoms with E-state index in [1.54, 1.807) is 7.11 Å². The summed E-state index contributed by atoms with van der Waals surface area (Å²) in [5, 5.41) is 3.32. The lowest BCUT2D eigenvalue weighted by molar-refractivity contribution is 0.199. The molecule has 0 atom stereocenters. The average molecular weight is 328 g/mol. The van der Waals surface area contributed by atoms with E-state index in [-0.39, 0.29) is 0 Å².